The summed E-state index contributed by atoms with van der Waals surface area (Å²) in [5.41, 5.74) is 7.20. The van der Waals surface area contributed by atoms with Crippen molar-refractivity contribution in [1.29, 1.82) is 0 Å². The molecule has 0 amide bonds. The Kier molecular flexibility index (Phi) is 2.99. The molecule has 1 aromatic carbocycles. The molecular weight excluding hydrogens is 208 g/mol. The van der Waals surface area contributed by atoms with Gasteiger partial charge < -0.3 is 5.73 Å². The first-order chi connectivity index (χ1) is 7.31. The molecule has 1 heterocycles. The molecule has 0 aliphatic heterocycles. The van der Waals surface area contributed by atoms with Gasteiger partial charge in [0.05, 0.1) is 5.52 Å². The Hall–Kier alpha value is -1.38. The summed E-state index contributed by atoms with van der Waals surface area (Å²) in [7, 11) is 0. The van der Waals surface area contributed by atoms with E-state index < -0.39 is 0 Å². The summed E-state index contributed by atoms with van der Waals surface area (Å²) in [6, 6.07) is 9.89. The van der Waals surface area contributed by atoms with Crippen molar-refractivity contribution < 1.29 is 0 Å². The fourth-order valence-corrected chi connectivity index (χ4v) is 1.63. The second-order valence-corrected chi connectivity index (χ2v) is 3.56. The lowest BCUT2D eigenvalue weighted by Crippen LogP contribution is -1.92. The molecule has 0 fully saturated rings. The van der Waals surface area contributed by atoms with Crippen molar-refractivity contribution in [2.75, 3.05) is 6.54 Å². The average Bonchev–Trinajstić information content (AvgIpc) is 2.26. The summed E-state index contributed by atoms with van der Waals surface area (Å²) in [4.78, 5) is 4.30. The Bertz CT molecular complexity index is 506. The van der Waals surface area contributed by atoms with E-state index in [0.717, 1.165) is 16.5 Å². The van der Waals surface area contributed by atoms with Crippen molar-refractivity contribution in [3.05, 3.63) is 47.1 Å². The van der Waals surface area contributed by atoms with Crippen LogP contribution in [0.2, 0.25) is 5.15 Å². The summed E-state index contributed by atoms with van der Waals surface area (Å²) >= 11 is 6.04. The van der Waals surface area contributed by atoms with Crippen molar-refractivity contribution in [3.63, 3.8) is 0 Å². The predicted octanol–water partition coefficient (Wildman–Crippen LogP) is 2.86. The molecule has 3 heteroatoms. The van der Waals surface area contributed by atoms with Gasteiger partial charge in [-0.15, -0.1) is 0 Å². The number of fused-ring (bicyclic) bond motifs is 1. The van der Waals surface area contributed by atoms with Crippen molar-refractivity contribution >= 4 is 28.6 Å². The first-order valence-electron chi connectivity index (χ1n) is 4.73. The number of pyridine rings is 1. The molecule has 0 spiro atoms. The van der Waals surface area contributed by atoms with Crippen molar-refractivity contribution in [1.82, 2.24) is 4.98 Å². The van der Waals surface area contributed by atoms with Gasteiger partial charge in [0.1, 0.15) is 5.15 Å². The van der Waals surface area contributed by atoms with Gasteiger partial charge in [0.25, 0.3) is 0 Å². The summed E-state index contributed by atoms with van der Waals surface area (Å²) in [6.07, 6.45) is 3.75. The zero-order chi connectivity index (χ0) is 10.7. The Morgan fingerprint density at radius 1 is 1.33 bits per heavy atom. The number of para-hydroxylation sites is 1. The van der Waals surface area contributed by atoms with Gasteiger partial charge in [-0.1, -0.05) is 42.0 Å². The van der Waals surface area contributed by atoms with E-state index in [1.54, 1.807) is 0 Å². The van der Waals surface area contributed by atoms with Crippen molar-refractivity contribution in [2.45, 2.75) is 0 Å². The second-order valence-electron chi connectivity index (χ2n) is 3.20. The van der Waals surface area contributed by atoms with Crippen LogP contribution in [0.4, 0.5) is 0 Å². The Morgan fingerprint density at radius 3 is 2.93 bits per heavy atom. The van der Waals surface area contributed by atoms with Crippen LogP contribution in [-0.2, 0) is 0 Å². The smallest absolute Gasteiger partial charge is 0.136 e. The topological polar surface area (TPSA) is 38.9 Å². The number of rotatable bonds is 2. The third-order valence-corrected chi connectivity index (χ3v) is 2.44. The SMILES string of the molecule is NC/C=C/c1cc2ccccc2nc1Cl. The Balaban J connectivity index is 2.57. The zero-order valence-electron chi connectivity index (χ0n) is 8.15. The molecule has 2 nitrogen and oxygen atoms in total. The molecule has 2 N–H and O–H groups in total. The lowest BCUT2D eigenvalue weighted by atomic mass is 10.1. The molecule has 76 valence electrons. The first-order valence-corrected chi connectivity index (χ1v) is 5.11. The molecular formula is C12H11ClN2. The fraction of sp³-hybridized carbons (Fsp3) is 0.0833. The number of aromatic nitrogens is 1. The van der Waals surface area contributed by atoms with E-state index in [-0.39, 0.29) is 0 Å². The molecule has 0 atom stereocenters. The first kappa shape index (κ1) is 10.1. The fourth-order valence-electron chi connectivity index (χ4n) is 1.42. The van der Waals surface area contributed by atoms with Crippen LogP contribution in [0.5, 0.6) is 0 Å². The molecule has 0 bridgehead atoms. The third kappa shape index (κ3) is 2.17. The van der Waals surface area contributed by atoms with Crippen molar-refractivity contribution in [3.8, 4) is 0 Å². The van der Waals surface area contributed by atoms with Crippen LogP contribution in [0.1, 0.15) is 5.56 Å². The lowest BCUT2D eigenvalue weighted by Gasteiger charge is -2.01. The normalized spacial score (nSPS) is 11.3. The molecule has 0 saturated carbocycles. The molecule has 0 radical (unpaired) electrons. The monoisotopic (exact) mass is 218 g/mol. The molecule has 0 aliphatic rings. The quantitative estimate of drug-likeness (QED) is 0.788. The van der Waals surface area contributed by atoms with Crippen molar-refractivity contribution in [2.24, 2.45) is 5.73 Å². The number of nitrogens with zero attached hydrogens (tertiary/aromatic N) is 1. The van der Waals surface area contributed by atoms with Crippen LogP contribution in [-0.4, -0.2) is 11.5 Å². The van der Waals surface area contributed by atoms with E-state index in [9.17, 15) is 0 Å². The molecule has 15 heavy (non-hydrogen) atoms. The predicted molar refractivity (Wildman–Crippen MR) is 64.8 cm³/mol. The van der Waals surface area contributed by atoms with Gasteiger partial charge in [-0.2, -0.15) is 0 Å². The molecule has 0 saturated heterocycles. The number of benzene rings is 1. The Morgan fingerprint density at radius 2 is 2.13 bits per heavy atom. The molecule has 1 aromatic heterocycles. The number of nitrogens with two attached hydrogens (primary N) is 1. The minimum atomic E-state index is 0.503. The molecule has 2 aromatic rings. The van der Waals surface area contributed by atoms with E-state index >= 15 is 0 Å². The summed E-state index contributed by atoms with van der Waals surface area (Å²) in [5.74, 6) is 0. The summed E-state index contributed by atoms with van der Waals surface area (Å²) < 4.78 is 0. The zero-order valence-corrected chi connectivity index (χ0v) is 8.91. The van der Waals surface area contributed by atoms with Gasteiger partial charge in [0.15, 0.2) is 0 Å². The standard InChI is InChI=1S/C12H11ClN2/c13-12-10(5-3-7-14)8-9-4-1-2-6-11(9)15-12/h1-6,8H,7,14H2/b5-3+. The maximum atomic E-state index is 6.04. The third-order valence-electron chi connectivity index (χ3n) is 2.14. The van der Waals surface area contributed by atoms with E-state index in [1.807, 2.05) is 42.5 Å². The van der Waals surface area contributed by atoms with Crippen LogP contribution < -0.4 is 5.73 Å². The molecule has 0 unspecified atom stereocenters. The highest BCUT2D eigenvalue weighted by Gasteiger charge is 2.00. The van der Waals surface area contributed by atoms with Gasteiger partial charge in [0.2, 0.25) is 0 Å². The van der Waals surface area contributed by atoms with E-state index in [4.69, 9.17) is 17.3 Å². The highest BCUT2D eigenvalue weighted by atomic mass is 35.5. The highest BCUT2D eigenvalue weighted by Crippen LogP contribution is 2.21. The summed E-state index contributed by atoms with van der Waals surface area (Å²) in [6.45, 7) is 0.503. The largest absolute Gasteiger partial charge is 0.327 e. The minimum absolute atomic E-state index is 0.503. The average molecular weight is 219 g/mol. The van der Waals surface area contributed by atoms with Crippen LogP contribution in [0.3, 0.4) is 0 Å². The summed E-state index contributed by atoms with van der Waals surface area (Å²) in [5, 5.41) is 1.59. The van der Waals surface area contributed by atoms with Crippen LogP contribution in [0.15, 0.2) is 36.4 Å². The Labute approximate surface area is 93.4 Å². The van der Waals surface area contributed by atoms with E-state index in [0.29, 0.717) is 11.7 Å². The number of hydrogen-bond acceptors (Lipinski definition) is 2. The number of hydrogen-bond donors (Lipinski definition) is 1. The van der Waals surface area contributed by atoms with Gasteiger partial charge in [-0.25, -0.2) is 4.98 Å². The van der Waals surface area contributed by atoms with E-state index in [1.165, 1.54) is 0 Å². The highest BCUT2D eigenvalue weighted by molar-refractivity contribution is 6.31. The van der Waals surface area contributed by atoms with Gasteiger partial charge >= 0.3 is 0 Å². The molecule has 2 rings (SSSR count). The maximum Gasteiger partial charge on any atom is 0.136 e. The molecule has 0 aliphatic carbocycles. The van der Waals surface area contributed by atoms with Crippen LogP contribution in [0.25, 0.3) is 17.0 Å². The van der Waals surface area contributed by atoms with Gasteiger partial charge in [0, 0.05) is 17.5 Å². The van der Waals surface area contributed by atoms with Gasteiger partial charge in [-0.05, 0) is 12.1 Å². The maximum absolute atomic E-state index is 6.04. The second kappa shape index (κ2) is 4.43. The van der Waals surface area contributed by atoms with E-state index in [2.05, 4.69) is 4.98 Å². The number of halogens is 1. The van der Waals surface area contributed by atoms with Gasteiger partial charge in [-0.3, -0.25) is 0 Å². The lowest BCUT2D eigenvalue weighted by molar-refractivity contribution is 1.26. The van der Waals surface area contributed by atoms with Crippen LogP contribution >= 0.6 is 11.6 Å². The minimum Gasteiger partial charge on any atom is -0.327 e. The van der Waals surface area contributed by atoms with Crippen LogP contribution in [0, 0.1) is 0 Å².